The summed E-state index contributed by atoms with van der Waals surface area (Å²) < 4.78 is 16.4. The van der Waals surface area contributed by atoms with Crippen molar-refractivity contribution in [1.29, 1.82) is 0 Å². The van der Waals surface area contributed by atoms with Crippen LogP contribution in [0, 0.1) is 0 Å². The van der Waals surface area contributed by atoms with Crippen molar-refractivity contribution in [3.63, 3.8) is 0 Å². The third-order valence-corrected chi connectivity index (χ3v) is 4.37. The molecule has 2 amide bonds. The molecule has 0 aliphatic rings. The number of primary amides is 1. The van der Waals surface area contributed by atoms with Crippen LogP contribution in [0.2, 0.25) is 0 Å². The number of methoxy groups -OCH3 is 1. The molecule has 3 rings (SSSR count). The highest BCUT2D eigenvalue weighted by Gasteiger charge is 2.10. The smallest absolute Gasteiger partial charge is 0.255 e. The molecule has 0 aliphatic heterocycles. The zero-order chi connectivity index (χ0) is 21.3. The molecule has 0 saturated heterocycles. The number of benzene rings is 3. The Morgan fingerprint density at radius 2 is 1.73 bits per heavy atom. The third kappa shape index (κ3) is 5.64. The number of anilines is 1. The highest BCUT2D eigenvalue weighted by atomic mass is 16.5. The van der Waals surface area contributed by atoms with Gasteiger partial charge < -0.3 is 25.3 Å². The van der Waals surface area contributed by atoms with E-state index in [2.05, 4.69) is 5.32 Å². The van der Waals surface area contributed by atoms with Gasteiger partial charge in [-0.2, -0.15) is 0 Å². The van der Waals surface area contributed by atoms with Gasteiger partial charge in [0.15, 0.2) is 18.1 Å². The molecule has 7 nitrogen and oxygen atoms in total. The van der Waals surface area contributed by atoms with Gasteiger partial charge in [0.05, 0.1) is 13.7 Å². The van der Waals surface area contributed by atoms with Crippen molar-refractivity contribution in [2.45, 2.75) is 12.8 Å². The summed E-state index contributed by atoms with van der Waals surface area (Å²) in [5, 5.41) is 4.96. The lowest BCUT2D eigenvalue weighted by Gasteiger charge is -2.12. The molecule has 0 heterocycles. The van der Waals surface area contributed by atoms with Gasteiger partial charge in [0.1, 0.15) is 5.75 Å². The minimum atomic E-state index is -0.599. The van der Waals surface area contributed by atoms with Gasteiger partial charge >= 0.3 is 0 Å². The molecule has 3 aromatic rings. The number of carbonyl (C=O) groups excluding carboxylic acids is 2. The van der Waals surface area contributed by atoms with Crippen molar-refractivity contribution in [1.82, 2.24) is 0 Å². The van der Waals surface area contributed by atoms with Gasteiger partial charge in [-0.3, -0.25) is 9.59 Å². The Hall–Kier alpha value is -3.74. The van der Waals surface area contributed by atoms with E-state index in [0.29, 0.717) is 36.6 Å². The quantitative estimate of drug-likeness (QED) is 0.500. The van der Waals surface area contributed by atoms with E-state index in [9.17, 15) is 9.59 Å². The van der Waals surface area contributed by atoms with Crippen LogP contribution in [0.4, 0.5) is 5.69 Å². The monoisotopic (exact) mass is 408 g/mol. The fourth-order valence-electron chi connectivity index (χ4n) is 2.98. The zero-order valence-corrected chi connectivity index (χ0v) is 16.7. The van der Waals surface area contributed by atoms with Gasteiger partial charge in [0, 0.05) is 23.6 Å². The number of hydrogen-bond donors (Lipinski definition) is 2. The van der Waals surface area contributed by atoms with E-state index in [1.54, 1.807) is 18.2 Å². The van der Waals surface area contributed by atoms with Crippen LogP contribution in [0.3, 0.4) is 0 Å². The van der Waals surface area contributed by atoms with Crippen molar-refractivity contribution >= 4 is 28.3 Å². The first-order valence-corrected chi connectivity index (χ1v) is 9.56. The molecule has 3 aromatic carbocycles. The largest absolute Gasteiger partial charge is 0.493 e. The highest BCUT2D eigenvalue weighted by Crippen LogP contribution is 2.30. The van der Waals surface area contributed by atoms with Crippen molar-refractivity contribution in [2.24, 2.45) is 5.73 Å². The molecule has 0 atom stereocenters. The highest BCUT2D eigenvalue weighted by molar-refractivity contribution is 5.91. The molecule has 0 aliphatic carbocycles. The number of carbonyl (C=O) groups is 2. The Balaban J connectivity index is 1.51. The predicted molar refractivity (Wildman–Crippen MR) is 115 cm³/mol. The van der Waals surface area contributed by atoms with Crippen LogP contribution in [-0.2, 0) is 9.59 Å². The van der Waals surface area contributed by atoms with E-state index in [0.717, 1.165) is 16.5 Å². The SMILES string of the molecule is COc1ccc(NC(=O)CCCOc2cccc3ccccc23)cc1OCC(N)=O. The Morgan fingerprint density at radius 1 is 0.933 bits per heavy atom. The average Bonchev–Trinajstić information content (AvgIpc) is 2.75. The minimum Gasteiger partial charge on any atom is -0.493 e. The zero-order valence-electron chi connectivity index (χ0n) is 16.7. The van der Waals surface area contributed by atoms with Crippen LogP contribution in [0.1, 0.15) is 12.8 Å². The standard InChI is InChI=1S/C23H24N2O5/c1-28-20-12-11-17(14-21(20)30-15-22(24)26)25-23(27)10-5-13-29-19-9-4-7-16-6-2-3-8-18(16)19/h2-4,6-9,11-12,14H,5,10,13,15H2,1H3,(H2,24,26)(H,25,27). The first kappa shape index (κ1) is 21.0. The fourth-order valence-corrected chi connectivity index (χ4v) is 2.98. The second-order valence-electron chi connectivity index (χ2n) is 6.60. The van der Waals surface area contributed by atoms with Gasteiger partial charge in [-0.1, -0.05) is 36.4 Å². The summed E-state index contributed by atoms with van der Waals surface area (Å²) in [5.74, 6) is 0.825. The number of nitrogens with one attached hydrogen (secondary N) is 1. The normalized spacial score (nSPS) is 10.4. The molecule has 7 heteroatoms. The third-order valence-electron chi connectivity index (χ3n) is 4.37. The van der Waals surface area contributed by atoms with Gasteiger partial charge in [0.2, 0.25) is 5.91 Å². The molecular weight excluding hydrogens is 384 g/mol. The molecule has 0 saturated carbocycles. The Labute approximate surface area is 174 Å². The maximum Gasteiger partial charge on any atom is 0.255 e. The molecule has 30 heavy (non-hydrogen) atoms. The molecule has 0 spiro atoms. The van der Waals surface area contributed by atoms with Crippen molar-refractivity contribution < 1.29 is 23.8 Å². The molecule has 3 N–H and O–H groups in total. The molecule has 0 radical (unpaired) electrons. The summed E-state index contributed by atoms with van der Waals surface area (Å²) in [6.45, 7) is 0.149. The lowest BCUT2D eigenvalue weighted by atomic mass is 10.1. The topological polar surface area (TPSA) is 99.9 Å². The van der Waals surface area contributed by atoms with E-state index >= 15 is 0 Å². The number of rotatable bonds is 10. The molecule has 0 aromatic heterocycles. The Kier molecular flexibility index (Phi) is 7.10. The average molecular weight is 408 g/mol. The van der Waals surface area contributed by atoms with Crippen LogP contribution < -0.4 is 25.3 Å². The van der Waals surface area contributed by atoms with Crippen LogP contribution in [-0.4, -0.2) is 32.1 Å². The number of ether oxygens (including phenoxy) is 3. The first-order chi connectivity index (χ1) is 14.6. The molecule has 0 fully saturated rings. The summed E-state index contributed by atoms with van der Waals surface area (Å²) >= 11 is 0. The lowest BCUT2D eigenvalue weighted by Crippen LogP contribution is -2.20. The summed E-state index contributed by atoms with van der Waals surface area (Å²) in [5.41, 5.74) is 5.64. The van der Waals surface area contributed by atoms with Crippen LogP contribution in [0.25, 0.3) is 10.8 Å². The molecular formula is C23H24N2O5. The number of fused-ring (bicyclic) bond motifs is 1. The Bertz CT molecular complexity index is 1030. The van der Waals surface area contributed by atoms with Crippen molar-refractivity contribution in [2.75, 3.05) is 25.6 Å². The van der Waals surface area contributed by atoms with Crippen LogP contribution in [0.5, 0.6) is 17.2 Å². The molecule has 0 bridgehead atoms. The van der Waals surface area contributed by atoms with Gasteiger partial charge in [-0.05, 0) is 30.0 Å². The number of nitrogens with two attached hydrogens (primary N) is 1. The summed E-state index contributed by atoms with van der Waals surface area (Å²) in [4.78, 5) is 23.2. The molecule has 156 valence electrons. The van der Waals surface area contributed by atoms with Gasteiger partial charge in [-0.15, -0.1) is 0 Å². The lowest BCUT2D eigenvalue weighted by molar-refractivity contribution is -0.120. The van der Waals surface area contributed by atoms with Gasteiger partial charge in [0.25, 0.3) is 5.91 Å². The predicted octanol–water partition coefficient (Wildman–Crippen LogP) is 3.51. The maximum absolute atomic E-state index is 12.3. The van der Waals surface area contributed by atoms with E-state index in [1.807, 2.05) is 42.5 Å². The second-order valence-corrected chi connectivity index (χ2v) is 6.60. The van der Waals surface area contributed by atoms with E-state index in [-0.39, 0.29) is 12.5 Å². The minimum absolute atomic E-state index is 0.150. The van der Waals surface area contributed by atoms with E-state index in [4.69, 9.17) is 19.9 Å². The number of hydrogen-bond acceptors (Lipinski definition) is 5. The summed E-state index contributed by atoms with van der Waals surface area (Å²) in [6.07, 6.45) is 0.866. The Morgan fingerprint density at radius 3 is 2.53 bits per heavy atom. The summed E-state index contributed by atoms with van der Waals surface area (Å²) in [7, 11) is 1.49. The van der Waals surface area contributed by atoms with Crippen LogP contribution >= 0.6 is 0 Å². The second kappa shape index (κ2) is 10.2. The number of amides is 2. The van der Waals surface area contributed by atoms with Gasteiger partial charge in [-0.25, -0.2) is 0 Å². The fraction of sp³-hybridized carbons (Fsp3) is 0.217. The first-order valence-electron chi connectivity index (χ1n) is 9.56. The van der Waals surface area contributed by atoms with Crippen molar-refractivity contribution in [3.8, 4) is 17.2 Å². The van der Waals surface area contributed by atoms with E-state index < -0.39 is 5.91 Å². The summed E-state index contributed by atoms with van der Waals surface area (Å²) in [6, 6.07) is 18.8. The van der Waals surface area contributed by atoms with Crippen LogP contribution in [0.15, 0.2) is 60.7 Å². The van der Waals surface area contributed by atoms with Crippen molar-refractivity contribution in [3.05, 3.63) is 60.7 Å². The maximum atomic E-state index is 12.3. The molecule has 0 unspecified atom stereocenters. The van der Waals surface area contributed by atoms with E-state index in [1.165, 1.54) is 7.11 Å².